The van der Waals surface area contributed by atoms with Crippen molar-refractivity contribution in [1.82, 2.24) is 10.1 Å². The first-order valence-electron chi connectivity index (χ1n) is 12.4. The molecule has 1 aliphatic heterocycles. The maximum absolute atomic E-state index is 15.8. The summed E-state index contributed by atoms with van der Waals surface area (Å²) in [6.07, 6.45) is 1.29. The lowest BCUT2D eigenvalue weighted by Gasteiger charge is -2.51. The fraction of sp³-hybridized carbons (Fsp3) is 0.593. The van der Waals surface area contributed by atoms with E-state index in [2.05, 4.69) is 5.16 Å². The summed E-state index contributed by atoms with van der Waals surface area (Å²) in [7, 11) is 1.54. The van der Waals surface area contributed by atoms with Gasteiger partial charge < -0.3 is 14.5 Å². The summed E-state index contributed by atoms with van der Waals surface area (Å²) < 4.78 is 37.0. The van der Waals surface area contributed by atoms with Gasteiger partial charge >= 0.3 is 5.92 Å². The predicted molar refractivity (Wildman–Crippen MR) is 131 cm³/mol. The van der Waals surface area contributed by atoms with Gasteiger partial charge in [0.1, 0.15) is 11.3 Å². The predicted octanol–water partition coefficient (Wildman–Crippen LogP) is 5.22. The average molecular weight is 504 g/mol. The normalized spacial score (nSPS) is 22.9. The number of rotatable bonds is 5. The molecule has 1 aromatic carbocycles. The molecule has 196 valence electrons. The number of benzene rings is 1. The molecule has 1 aliphatic carbocycles. The van der Waals surface area contributed by atoms with Crippen molar-refractivity contribution < 1.29 is 28.0 Å². The molecule has 36 heavy (non-hydrogen) atoms. The van der Waals surface area contributed by atoms with Crippen LogP contribution < -0.4 is 4.90 Å². The van der Waals surface area contributed by atoms with Crippen LogP contribution in [0.2, 0.25) is 0 Å². The van der Waals surface area contributed by atoms with Gasteiger partial charge in [-0.2, -0.15) is 8.78 Å². The highest BCUT2D eigenvalue weighted by atomic mass is 19.3. The Morgan fingerprint density at radius 3 is 2.33 bits per heavy atom. The minimum Gasteiger partial charge on any atom is -0.383 e. The molecule has 1 atom stereocenters. The van der Waals surface area contributed by atoms with Gasteiger partial charge in [-0.3, -0.25) is 14.5 Å². The molecule has 0 bridgehead atoms. The number of carbonyl (C=O) groups excluding carboxylic acids is 2. The molecule has 1 N–H and O–H groups in total. The third-order valence-corrected chi connectivity index (χ3v) is 7.38. The molecular weight excluding hydrogens is 468 g/mol. The van der Waals surface area contributed by atoms with Crippen LogP contribution in [-0.2, 0) is 4.79 Å². The molecule has 7 nitrogen and oxygen atoms in total. The van der Waals surface area contributed by atoms with Crippen LogP contribution in [0, 0.1) is 10.8 Å². The summed E-state index contributed by atoms with van der Waals surface area (Å²) >= 11 is 0. The molecule has 2 aromatic rings. The van der Waals surface area contributed by atoms with Crippen LogP contribution in [-0.4, -0.2) is 52.1 Å². The van der Waals surface area contributed by atoms with E-state index in [1.54, 1.807) is 30.3 Å². The molecule has 2 amide bonds. The van der Waals surface area contributed by atoms with Gasteiger partial charge in [0.25, 0.3) is 11.8 Å². The molecule has 2 aliphatic rings. The first-order valence-corrected chi connectivity index (χ1v) is 12.4. The van der Waals surface area contributed by atoms with E-state index in [-0.39, 0.29) is 31.2 Å². The second kappa shape index (κ2) is 8.94. The average Bonchev–Trinajstić information content (AvgIpc) is 3.45. The summed E-state index contributed by atoms with van der Waals surface area (Å²) in [6.45, 7) is 7.53. The summed E-state index contributed by atoms with van der Waals surface area (Å²) in [5, 5.41) is 15.2. The van der Waals surface area contributed by atoms with Gasteiger partial charge in [0.15, 0.2) is 0 Å². The lowest BCUT2D eigenvalue weighted by Crippen LogP contribution is -2.62. The zero-order valence-electron chi connectivity index (χ0n) is 21.6. The summed E-state index contributed by atoms with van der Waals surface area (Å²) in [5.74, 6) is -5.51. The third kappa shape index (κ3) is 4.77. The monoisotopic (exact) mass is 503 g/mol. The minimum atomic E-state index is -3.96. The number of amides is 2. The molecule has 2 heterocycles. The van der Waals surface area contributed by atoms with Crippen LogP contribution >= 0.6 is 0 Å². The van der Waals surface area contributed by atoms with Crippen LogP contribution in [0.3, 0.4) is 0 Å². The van der Waals surface area contributed by atoms with Crippen molar-refractivity contribution in [3.05, 3.63) is 47.7 Å². The summed E-state index contributed by atoms with van der Waals surface area (Å²) in [6, 6.07) is 9.43. The highest BCUT2D eigenvalue weighted by molar-refractivity contribution is 6.04. The van der Waals surface area contributed by atoms with Crippen molar-refractivity contribution in [3.8, 4) is 0 Å². The Morgan fingerprint density at radius 2 is 1.72 bits per heavy atom. The molecule has 1 saturated heterocycles. The van der Waals surface area contributed by atoms with Crippen LogP contribution in [0.25, 0.3) is 0 Å². The molecular formula is C27H35F2N3O4. The summed E-state index contributed by atoms with van der Waals surface area (Å²) in [4.78, 5) is 28.4. The van der Waals surface area contributed by atoms with Crippen molar-refractivity contribution in [2.24, 2.45) is 10.8 Å². The lowest BCUT2D eigenvalue weighted by atomic mass is 9.58. The Kier molecular flexibility index (Phi) is 6.52. The number of aromatic nitrogens is 1. The maximum Gasteiger partial charge on any atom is 0.352 e. The second-order valence-corrected chi connectivity index (χ2v) is 11.9. The van der Waals surface area contributed by atoms with E-state index in [0.717, 1.165) is 4.90 Å². The number of carbonyl (C=O) groups is 2. The topological polar surface area (TPSA) is 86.9 Å². The number of nitrogens with zero attached hydrogens (tertiary/aromatic N) is 3. The van der Waals surface area contributed by atoms with Crippen LogP contribution in [0.4, 0.5) is 14.7 Å². The van der Waals surface area contributed by atoms with Crippen molar-refractivity contribution in [2.75, 3.05) is 18.5 Å². The molecule has 0 radical (unpaired) electrons. The van der Waals surface area contributed by atoms with Gasteiger partial charge in [-0.15, -0.1) is 0 Å². The molecule has 1 aromatic heterocycles. The van der Waals surface area contributed by atoms with Crippen molar-refractivity contribution in [1.29, 1.82) is 0 Å². The van der Waals surface area contributed by atoms with Gasteiger partial charge in [0, 0.05) is 25.2 Å². The standard InChI is InChI=1S/C27H35F2N3O4/c1-24(2)15-25(3,4)17-26(35,16-24)27(28,29)23(34)32-13-9-12-20(32)19-14-21(36-30-19)31(5)22(33)18-10-7-6-8-11-18/h6-8,10-11,14,20,35H,9,12-13,15-17H2,1-5H3/t20-/m0/s1. The van der Waals surface area contributed by atoms with E-state index in [4.69, 9.17) is 4.52 Å². The van der Waals surface area contributed by atoms with Gasteiger partial charge in [-0.25, -0.2) is 0 Å². The largest absolute Gasteiger partial charge is 0.383 e. The van der Waals surface area contributed by atoms with Crippen LogP contribution in [0.15, 0.2) is 40.9 Å². The van der Waals surface area contributed by atoms with Crippen molar-refractivity contribution in [2.45, 2.75) is 77.4 Å². The number of aliphatic hydroxyl groups is 1. The van der Waals surface area contributed by atoms with E-state index < -0.39 is 34.3 Å². The Hall–Kier alpha value is -2.81. The smallest absolute Gasteiger partial charge is 0.352 e. The minimum absolute atomic E-state index is 0.128. The van der Waals surface area contributed by atoms with E-state index in [1.165, 1.54) is 18.0 Å². The third-order valence-electron chi connectivity index (χ3n) is 7.38. The zero-order chi connectivity index (χ0) is 26.5. The lowest BCUT2D eigenvalue weighted by molar-refractivity contribution is -0.231. The van der Waals surface area contributed by atoms with E-state index in [0.29, 0.717) is 30.5 Å². The molecule has 2 fully saturated rings. The Labute approximate surface area is 210 Å². The highest BCUT2D eigenvalue weighted by Crippen LogP contribution is 2.55. The molecule has 0 unspecified atom stereocenters. The Bertz CT molecular complexity index is 1110. The summed E-state index contributed by atoms with van der Waals surface area (Å²) in [5.41, 5.74) is -2.76. The van der Waals surface area contributed by atoms with Crippen molar-refractivity contribution in [3.63, 3.8) is 0 Å². The Balaban J connectivity index is 1.56. The van der Waals surface area contributed by atoms with Gasteiger partial charge in [-0.05, 0) is 55.1 Å². The van der Waals surface area contributed by atoms with E-state index in [9.17, 15) is 14.7 Å². The van der Waals surface area contributed by atoms with E-state index in [1.807, 2.05) is 27.7 Å². The first-order chi connectivity index (χ1) is 16.7. The second-order valence-electron chi connectivity index (χ2n) is 11.9. The number of likely N-dealkylation sites (tertiary alicyclic amines) is 1. The fourth-order valence-corrected chi connectivity index (χ4v) is 6.45. The molecule has 9 heteroatoms. The van der Waals surface area contributed by atoms with Crippen molar-refractivity contribution >= 4 is 17.7 Å². The quantitative estimate of drug-likeness (QED) is 0.605. The number of hydrogen-bond donors (Lipinski definition) is 1. The fourth-order valence-electron chi connectivity index (χ4n) is 6.45. The first kappa shape index (κ1) is 26.3. The van der Waals surface area contributed by atoms with Crippen LogP contribution in [0.1, 0.15) is 81.9 Å². The highest BCUT2D eigenvalue weighted by Gasteiger charge is 2.65. The Morgan fingerprint density at radius 1 is 1.11 bits per heavy atom. The number of alkyl halides is 2. The molecule has 4 rings (SSSR count). The molecule has 0 spiro atoms. The van der Waals surface area contributed by atoms with Gasteiger partial charge in [-0.1, -0.05) is 51.1 Å². The van der Waals surface area contributed by atoms with Gasteiger partial charge in [0.05, 0.1) is 6.04 Å². The van der Waals surface area contributed by atoms with Gasteiger partial charge in [0.2, 0.25) is 5.88 Å². The zero-order valence-corrected chi connectivity index (χ0v) is 21.6. The SMILES string of the molecule is CN(C(=O)c1ccccc1)c1cc([C@@H]2CCCN2C(=O)C(F)(F)C2(O)CC(C)(C)CC(C)(C)C2)no1. The number of anilines is 1. The maximum atomic E-state index is 15.8. The number of hydrogen-bond acceptors (Lipinski definition) is 5. The van der Waals surface area contributed by atoms with Crippen LogP contribution in [0.5, 0.6) is 0 Å². The molecule has 1 saturated carbocycles. The number of halogens is 2. The van der Waals surface area contributed by atoms with E-state index >= 15 is 8.78 Å².